The first-order valence-corrected chi connectivity index (χ1v) is 7.48. The molecule has 0 unspecified atom stereocenters. The molecule has 21 heavy (non-hydrogen) atoms. The fourth-order valence-electron chi connectivity index (χ4n) is 1.95. The van der Waals surface area contributed by atoms with Gasteiger partial charge in [0.15, 0.2) is 0 Å². The third-order valence-electron chi connectivity index (χ3n) is 3.00. The topological polar surface area (TPSA) is 47.9 Å². The van der Waals surface area contributed by atoms with Crippen molar-refractivity contribution in [1.29, 1.82) is 0 Å². The third kappa shape index (κ3) is 3.19. The van der Waals surface area contributed by atoms with Crippen molar-refractivity contribution in [3.63, 3.8) is 0 Å². The van der Waals surface area contributed by atoms with E-state index in [0.717, 1.165) is 21.3 Å². The average Bonchev–Trinajstić information content (AvgIpc) is 2.46. The molecule has 106 valence electrons. The molecule has 1 aromatic carbocycles. The van der Waals surface area contributed by atoms with E-state index in [0.29, 0.717) is 11.6 Å². The van der Waals surface area contributed by atoms with Gasteiger partial charge in [-0.15, -0.1) is 0 Å². The Hall–Kier alpha value is -2.01. The highest BCUT2D eigenvalue weighted by atomic mass is 79.9. The first-order chi connectivity index (χ1) is 10.1. The lowest BCUT2D eigenvalue weighted by molar-refractivity contribution is 0.456. The SMILES string of the molecule is CC(C)c1nc(Br)cc(Oc2ccc3cccnc3c2)n1. The normalized spacial score (nSPS) is 11.0. The molecule has 0 amide bonds. The van der Waals surface area contributed by atoms with Crippen LogP contribution in [-0.4, -0.2) is 15.0 Å². The van der Waals surface area contributed by atoms with Crippen molar-refractivity contribution in [1.82, 2.24) is 15.0 Å². The van der Waals surface area contributed by atoms with Crippen LogP contribution in [-0.2, 0) is 0 Å². The molecule has 0 aliphatic rings. The number of hydrogen-bond donors (Lipinski definition) is 0. The number of aromatic nitrogens is 3. The minimum absolute atomic E-state index is 0.239. The molecule has 2 aromatic heterocycles. The summed E-state index contributed by atoms with van der Waals surface area (Å²) in [7, 11) is 0. The zero-order valence-electron chi connectivity index (χ0n) is 11.7. The van der Waals surface area contributed by atoms with Gasteiger partial charge in [-0.25, -0.2) is 4.98 Å². The summed E-state index contributed by atoms with van der Waals surface area (Å²) in [5.41, 5.74) is 0.896. The molecule has 3 aromatic rings. The van der Waals surface area contributed by atoms with Crippen LogP contribution in [0.3, 0.4) is 0 Å². The second kappa shape index (κ2) is 5.77. The fourth-order valence-corrected chi connectivity index (χ4v) is 2.33. The summed E-state index contributed by atoms with van der Waals surface area (Å²) in [6, 6.07) is 11.5. The lowest BCUT2D eigenvalue weighted by Gasteiger charge is -2.09. The molecule has 0 saturated carbocycles. The van der Waals surface area contributed by atoms with E-state index in [2.05, 4.69) is 30.9 Å². The summed E-state index contributed by atoms with van der Waals surface area (Å²) in [5.74, 6) is 2.22. The van der Waals surface area contributed by atoms with Gasteiger partial charge in [0, 0.05) is 29.6 Å². The molecule has 0 atom stereocenters. The van der Waals surface area contributed by atoms with E-state index in [1.807, 2.05) is 44.2 Å². The van der Waals surface area contributed by atoms with Gasteiger partial charge in [0.25, 0.3) is 0 Å². The van der Waals surface area contributed by atoms with E-state index in [1.54, 1.807) is 12.3 Å². The van der Waals surface area contributed by atoms with Crippen molar-refractivity contribution in [2.75, 3.05) is 0 Å². The minimum Gasteiger partial charge on any atom is -0.439 e. The molecule has 0 spiro atoms. The van der Waals surface area contributed by atoms with Gasteiger partial charge in [-0.2, -0.15) is 4.98 Å². The van der Waals surface area contributed by atoms with E-state index >= 15 is 0 Å². The maximum atomic E-state index is 5.84. The number of ether oxygens (including phenoxy) is 1. The smallest absolute Gasteiger partial charge is 0.223 e. The highest BCUT2D eigenvalue weighted by Crippen LogP contribution is 2.26. The number of halogens is 1. The number of pyridine rings is 1. The summed E-state index contributed by atoms with van der Waals surface area (Å²) in [6.07, 6.45) is 1.77. The summed E-state index contributed by atoms with van der Waals surface area (Å²) in [6.45, 7) is 4.09. The Labute approximate surface area is 131 Å². The maximum absolute atomic E-state index is 5.84. The van der Waals surface area contributed by atoms with Crippen LogP contribution in [0.5, 0.6) is 11.6 Å². The zero-order chi connectivity index (χ0) is 14.8. The summed E-state index contributed by atoms with van der Waals surface area (Å²) in [5, 5.41) is 1.08. The summed E-state index contributed by atoms with van der Waals surface area (Å²) in [4.78, 5) is 13.1. The molecule has 3 rings (SSSR count). The number of nitrogens with zero attached hydrogens (tertiary/aromatic N) is 3. The molecule has 0 bridgehead atoms. The molecular weight excluding hydrogens is 330 g/mol. The van der Waals surface area contributed by atoms with Crippen LogP contribution in [0.4, 0.5) is 0 Å². The Morgan fingerprint density at radius 1 is 1.10 bits per heavy atom. The fraction of sp³-hybridized carbons (Fsp3) is 0.188. The van der Waals surface area contributed by atoms with Crippen molar-refractivity contribution < 1.29 is 4.74 Å². The molecule has 0 aliphatic carbocycles. The minimum atomic E-state index is 0.239. The molecular formula is C16H14BrN3O. The van der Waals surface area contributed by atoms with Crippen molar-refractivity contribution in [3.8, 4) is 11.6 Å². The van der Waals surface area contributed by atoms with Crippen LogP contribution in [0, 0.1) is 0 Å². The molecule has 2 heterocycles. The second-order valence-electron chi connectivity index (χ2n) is 5.00. The standard InChI is InChI=1S/C16H14BrN3O/c1-10(2)16-19-14(17)9-15(20-16)21-12-6-5-11-4-3-7-18-13(11)8-12/h3-10H,1-2H3. The largest absolute Gasteiger partial charge is 0.439 e. The van der Waals surface area contributed by atoms with Crippen LogP contribution in [0.1, 0.15) is 25.6 Å². The van der Waals surface area contributed by atoms with Gasteiger partial charge in [-0.1, -0.05) is 19.9 Å². The second-order valence-corrected chi connectivity index (χ2v) is 5.81. The molecule has 4 nitrogen and oxygen atoms in total. The molecule has 0 fully saturated rings. The molecule has 0 N–H and O–H groups in total. The maximum Gasteiger partial charge on any atom is 0.223 e. The lowest BCUT2D eigenvalue weighted by atomic mass is 10.2. The van der Waals surface area contributed by atoms with Crippen molar-refractivity contribution >= 4 is 26.8 Å². The van der Waals surface area contributed by atoms with Gasteiger partial charge < -0.3 is 4.74 Å². The van der Waals surface area contributed by atoms with Crippen molar-refractivity contribution in [2.45, 2.75) is 19.8 Å². The highest BCUT2D eigenvalue weighted by Gasteiger charge is 2.09. The summed E-state index contributed by atoms with van der Waals surface area (Å²) >= 11 is 3.39. The Kier molecular flexibility index (Phi) is 3.84. The predicted octanol–water partition coefficient (Wildman–Crippen LogP) is 4.70. The van der Waals surface area contributed by atoms with E-state index in [4.69, 9.17) is 4.74 Å². The van der Waals surface area contributed by atoms with Crippen LogP contribution < -0.4 is 4.74 Å². The number of fused-ring (bicyclic) bond motifs is 1. The molecule has 5 heteroatoms. The molecule has 0 radical (unpaired) electrons. The van der Waals surface area contributed by atoms with Gasteiger partial charge in [-0.3, -0.25) is 4.98 Å². The number of hydrogen-bond acceptors (Lipinski definition) is 4. The van der Waals surface area contributed by atoms with E-state index in [9.17, 15) is 0 Å². The quantitative estimate of drug-likeness (QED) is 0.646. The molecule has 0 aliphatic heterocycles. The number of benzene rings is 1. The van der Waals surface area contributed by atoms with E-state index in [-0.39, 0.29) is 5.92 Å². The van der Waals surface area contributed by atoms with Crippen LogP contribution in [0.25, 0.3) is 10.9 Å². The predicted molar refractivity (Wildman–Crippen MR) is 85.6 cm³/mol. The first-order valence-electron chi connectivity index (χ1n) is 6.69. The van der Waals surface area contributed by atoms with Crippen molar-refractivity contribution in [2.24, 2.45) is 0 Å². The van der Waals surface area contributed by atoms with Gasteiger partial charge in [0.2, 0.25) is 5.88 Å². The average molecular weight is 344 g/mol. The van der Waals surface area contributed by atoms with Gasteiger partial charge in [0.1, 0.15) is 16.2 Å². The van der Waals surface area contributed by atoms with Gasteiger partial charge >= 0.3 is 0 Å². The van der Waals surface area contributed by atoms with E-state index in [1.165, 1.54) is 0 Å². The van der Waals surface area contributed by atoms with Crippen molar-refractivity contribution in [3.05, 3.63) is 53.0 Å². The Bertz CT molecular complexity index is 789. The number of rotatable bonds is 3. The Morgan fingerprint density at radius 2 is 1.95 bits per heavy atom. The Morgan fingerprint density at radius 3 is 2.76 bits per heavy atom. The van der Waals surface area contributed by atoms with Crippen LogP contribution >= 0.6 is 15.9 Å². The monoisotopic (exact) mass is 343 g/mol. The highest BCUT2D eigenvalue weighted by molar-refractivity contribution is 9.10. The van der Waals surface area contributed by atoms with Gasteiger partial charge in [0.05, 0.1) is 5.52 Å². The van der Waals surface area contributed by atoms with Gasteiger partial charge in [-0.05, 0) is 34.1 Å². The van der Waals surface area contributed by atoms with E-state index < -0.39 is 0 Å². The first kappa shape index (κ1) is 13.9. The molecule has 0 saturated heterocycles. The summed E-state index contributed by atoms with van der Waals surface area (Å²) < 4.78 is 6.55. The Balaban J connectivity index is 1.94. The van der Waals surface area contributed by atoms with Crippen LogP contribution in [0.2, 0.25) is 0 Å². The third-order valence-corrected chi connectivity index (χ3v) is 3.41. The lowest BCUT2D eigenvalue weighted by Crippen LogP contribution is -1.99. The zero-order valence-corrected chi connectivity index (χ0v) is 13.3. The van der Waals surface area contributed by atoms with Crippen LogP contribution in [0.15, 0.2) is 47.2 Å².